The summed E-state index contributed by atoms with van der Waals surface area (Å²) < 4.78 is 30.7. The van der Waals surface area contributed by atoms with Crippen LogP contribution in [-0.2, 0) is 14.8 Å². The molecule has 0 bridgehead atoms. The Kier molecular flexibility index (Phi) is 7.45. The molecular weight excluding hydrogens is 314 g/mol. The topological polar surface area (TPSA) is 97.4 Å². The van der Waals surface area contributed by atoms with Gasteiger partial charge < -0.3 is 10.1 Å². The van der Waals surface area contributed by atoms with Crippen LogP contribution in [0.25, 0.3) is 0 Å². The number of rotatable bonds is 6. The molecule has 0 spiro atoms. The van der Waals surface area contributed by atoms with Crippen molar-refractivity contribution in [2.24, 2.45) is 0 Å². The summed E-state index contributed by atoms with van der Waals surface area (Å²) in [5, 5.41) is 2.90. The van der Waals surface area contributed by atoms with E-state index in [2.05, 4.69) is 19.8 Å². The summed E-state index contributed by atoms with van der Waals surface area (Å²) in [5.41, 5.74) is 1.11. The molecule has 19 heavy (non-hydrogen) atoms. The molecule has 0 aliphatic carbocycles. The number of halogens is 1. The van der Waals surface area contributed by atoms with E-state index in [1.54, 1.807) is 7.05 Å². The third-order valence-corrected chi connectivity index (χ3v) is 5.02. The summed E-state index contributed by atoms with van der Waals surface area (Å²) >= 11 is 0.877. The standard InChI is InChI=1S/C9H15N3O4S2.ClH/c1-6(10-2)4-12-18(14,15)9-7(8(13)16-3)11-5-17-9;/h5-6,10,12H,4H2,1-3H3;1H. The van der Waals surface area contributed by atoms with Crippen LogP contribution in [-0.4, -0.2) is 46.1 Å². The molecule has 0 aliphatic heterocycles. The first kappa shape index (κ1) is 18.3. The maximum atomic E-state index is 12.0. The van der Waals surface area contributed by atoms with Gasteiger partial charge in [-0.3, -0.25) is 0 Å². The van der Waals surface area contributed by atoms with Gasteiger partial charge in [-0.25, -0.2) is 22.9 Å². The maximum Gasteiger partial charge on any atom is 0.358 e. The zero-order valence-corrected chi connectivity index (χ0v) is 13.1. The first-order valence-corrected chi connectivity index (χ1v) is 7.47. The molecule has 2 N–H and O–H groups in total. The van der Waals surface area contributed by atoms with E-state index in [9.17, 15) is 13.2 Å². The number of hydrogen-bond acceptors (Lipinski definition) is 7. The van der Waals surface area contributed by atoms with Crippen LogP contribution in [0.3, 0.4) is 0 Å². The lowest BCUT2D eigenvalue weighted by atomic mass is 10.4. The third-order valence-electron chi connectivity index (χ3n) is 2.23. The molecule has 110 valence electrons. The van der Waals surface area contributed by atoms with E-state index in [4.69, 9.17) is 0 Å². The molecule has 1 heterocycles. The van der Waals surface area contributed by atoms with Crippen molar-refractivity contribution in [2.45, 2.75) is 17.2 Å². The second kappa shape index (κ2) is 7.75. The van der Waals surface area contributed by atoms with Gasteiger partial charge in [0.25, 0.3) is 10.0 Å². The van der Waals surface area contributed by atoms with E-state index < -0.39 is 16.0 Å². The normalized spacial score (nSPS) is 12.6. The molecule has 10 heteroatoms. The van der Waals surface area contributed by atoms with Gasteiger partial charge in [0.1, 0.15) is 0 Å². The molecule has 1 aromatic heterocycles. The minimum atomic E-state index is -3.74. The van der Waals surface area contributed by atoms with E-state index in [-0.39, 0.29) is 34.9 Å². The van der Waals surface area contributed by atoms with Crippen LogP contribution in [0.1, 0.15) is 17.4 Å². The first-order chi connectivity index (χ1) is 8.42. The predicted molar refractivity (Wildman–Crippen MR) is 74.4 cm³/mol. The van der Waals surface area contributed by atoms with Gasteiger partial charge in [0.2, 0.25) is 0 Å². The number of nitrogens with zero attached hydrogens (tertiary/aromatic N) is 1. The second-order valence-corrected chi connectivity index (χ2v) is 6.34. The minimum Gasteiger partial charge on any atom is -0.464 e. The van der Waals surface area contributed by atoms with E-state index in [1.807, 2.05) is 6.92 Å². The maximum absolute atomic E-state index is 12.0. The van der Waals surface area contributed by atoms with Crippen molar-refractivity contribution in [3.05, 3.63) is 11.2 Å². The summed E-state index contributed by atoms with van der Waals surface area (Å²) in [4.78, 5) is 15.1. The number of sulfonamides is 1. The van der Waals surface area contributed by atoms with E-state index in [0.717, 1.165) is 11.3 Å². The Morgan fingerprint density at radius 1 is 1.58 bits per heavy atom. The van der Waals surface area contributed by atoms with Gasteiger partial charge in [-0.15, -0.1) is 23.7 Å². The highest BCUT2D eigenvalue weighted by atomic mass is 35.5. The number of carbonyl (C=O) groups excluding carboxylic acids is 1. The van der Waals surface area contributed by atoms with Crippen LogP contribution in [0.15, 0.2) is 9.72 Å². The molecule has 1 unspecified atom stereocenters. The molecule has 0 saturated heterocycles. The van der Waals surface area contributed by atoms with Crippen molar-refractivity contribution in [1.82, 2.24) is 15.0 Å². The molecule has 0 amide bonds. The van der Waals surface area contributed by atoms with Crippen LogP contribution in [0.4, 0.5) is 0 Å². The smallest absolute Gasteiger partial charge is 0.358 e. The molecule has 1 aromatic rings. The summed E-state index contributed by atoms with van der Waals surface area (Å²) in [6, 6.07) is -0.0192. The Morgan fingerprint density at radius 3 is 2.74 bits per heavy atom. The van der Waals surface area contributed by atoms with Crippen molar-refractivity contribution in [3.63, 3.8) is 0 Å². The summed E-state index contributed by atoms with van der Waals surface area (Å²) in [5.74, 6) is -0.765. The lowest BCUT2D eigenvalue weighted by Gasteiger charge is -2.11. The number of carbonyl (C=O) groups is 1. The zero-order chi connectivity index (χ0) is 13.8. The number of thiazole rings is 1. The number of methoxy groups -OCH3 is 1. The molecule has 7 nitrogen and oxygen atoms in total. The van der Waals surface area contributed by atoms with Gasteiger partial charge in [-0.05, 0) is 14.0 Å². The fourth-order valence-electron chi connectivity index (χ4n) is 1.06. The van der Waals surface area contributed by atoms with Crippen LogP contribution in [0.2, 0.25) is 0 Å². The lowest BCUT2D eigenvalue weighted by Crippen LogP contribution is -2.37. The third kappa shape index (κ3) is 4.69. The van der Waals surface area contributed by atoms with Crippen molar-refractivity contribution < 1.29 is 17.9 Å². The SMILES string of the molecule is CNC(C)CNS(=O)(=O)c1scnc1C(=O)OC.Cl. The predicted octanol–water partition coefficient (Wildman–Crippen LogP) is 0.238. The fraction of sp³-hybridized carbons (Fsp3) is 0.556. The highest BCUT2D eigenvalue weighted by molar-refractivity contribution is 7.91. The van der Waals surface area contributed by atoms with Gasteiger partial charge in [-0.1, -0.05) is 0 Å². The van der Waals surface area contributed by atoms with Gasteiger partial charge in [-0.2, -0.15) is 0 Å². The quantitative estimate of drug-likeness (QED) is 0.725. The summed E-state index contributed by atoms with van der Waals surface area (Å²) in [6.45, 7) is 2.05. The number of esters is 1. The fourth-order valence-corrected chi connectivity index (χ4v) is 3.37. The molecule has 1 atom stereocenters. The molecule has 0 aliphatic rings. The molecule has 0 radical (unpaired) electrons. The average Bonchev–Trinajstić information content (AvgIpc) is 2.85. The number of ether oxygens (including phenoxy) is 1. The monoisotopic (exact) mass is 329 g/mol. The van der Waals surface area contributed by atoms with E-state index in [0.29, 0.717) is 0 Å². The van der Waals surface area contributed by atoms with Crippen molar-refractivity contribution in [1.29, 1.82) is 0 Å². The molecule has 0 saturated carbocycles. The van der Waals surface area contributed by atoms with E-state index >= 15 is 0 Å². The molecular formula is C9H16ClN3O4S2. The van der Waals surface area contributed by atoms with Crippen molar-refractivity contribution in [3.8, 4) is 0 Å². The molecule has 1 rings (SSSR count). The zero-order valence-electron chi connectivity index (χ0n) is 10.7. The van der Waals surface area contributed by atoms with Crippen molar-refractivity contribution in [2.75, 3.05) is 20.7 Å². The number of likely N-dealkylation sites (N-methyl/N-ethyl adjacent to an activating group) is 1. The Labute approximate surface area is 122 Å². The van der Waals surface area contributed by atoms with Gasteiger partial charge in [0.15, 0.2) is 9.90 Å². The van der Waals surface area contributed by atoms with Crippen LogP contribution >= 0.6 is 23.7 Å². The first-order valence-electron chi connectivity index (χ1n) is 5.11. The Hall–Kier alpha value is -0.740. The van der Waals surface area contributed by atoms with Crippen LogP contribution < -0.4 is 10.0 Å². The lowest BCUT2D eigenvalue weighted by molar-refractivity contribution is 0.0590. The number of aromatic nitrogens is 1. The number of hydrogen-bond donors (Lipinski definition) is 2. The van der Waals surface area contributed by atoms with Crippen LogP contribution in [0, 0.1) is 0 Å². The van der Waals surface area contributed by atoms with Gasteiger partial charge in [0.05, 0.1) is 12.6 Å². The van der Waals surface area contributed by atoms with Crippen molar-refractivity contribution >= 4 is 39.7 Å². The van der Waals surface area contributed by atoms with Crippen LogP contribution in [0.5, 0.6) is 0 Å². The van der Waals surface area contributed by atoms with Gasteiger partial charge in [0, 0.05) is 12.6 Å². The minimum absolute atomic E-state index is 0. The average molecular weight is 330 g/mol. The van der Waals surface area contributed by atoms with E-state index in [1.165, 1.54) is 12.6 Å². The Balaban J connectivity index is 0.00000324. The largest absolute Gasteiger partial charge is 0.464 e. The molecule has 0 aromatic carbocycles. The number of nitrogens with one attached hydrogen (secondary N) is 2. The summed E-state index contributed by atoms with van der Waals surface area (Å²) in [7, 11) is -0.840. The second-order valence-electron chi connectivity index (χ2n) is 3.52. The highest BCUT2D eigenvalue weighted by Crippen LogP contribution is 2.20. The Bertz CT molecular complexity index is 517. The summed E-state index contributed by atoms with van der Waals surface area (Å²) in [6.07, 6.45) is 0. The highest BCUT2D eigenvalue weighted by Gasteiger charge is 2.26. The van der Waals surface area contributed by atoms with Gasteiger partial charge >= 0.3 is 5.97 Å². The molecule has 0 fully saturated rings. The Morgan fingerprint density at radius 2 is 2.21 bits per heavy atom.